The van der Waals surface area contributed by atoms with E-state index in [4.69, 9.17) is 10.2 Å². The van der Waals surface area contributed by atoms with Crippen molar-refractivity contribution in [3.05, 3.63) is 35.6 Å². The highest BCUT2D eigenvalue weighted by molar-refractivity contribution is 5.92. The molecule has 23 heavy (non-hydrogen) atoms. The van der Waals surface area contributed by atoms with Gasteiger partial charge in [-0.05, 0) is 23.1 Å². The van der Waals surface area contributed by atoms with Crippen molar-refractivity contribution in [2.45, 2.75) is 26.3 Å². The Morgan fingerprint density at radius 3 is 2.39 bits per heavy atom. The van der Waals surface area contributed by atoms with Crippen molar-refractivity contribution in [1.29, 1.82) is 0 Å². The number of halogens is 1. The monoisotopic (exact) mass is 323 g/mol. The minimum atomic E-state index is -1.15. The third-order valence-electron chi connectivity index (χ3n) is 4.32. The van der Waals surface area contributed by atoms with Crippen molar-refractivity contribution in [2.24, 2.45) is 17.3 Å². The zero-order valence-electron chi connectivity index (χ0n) is 12.7. The Balaban J connectivity index is 2.17. The van der Waals surface area contributed by atoms with Crippen LogP contribution in [0.3, 0.4) is 0 Å². The zero-order valence-corrected chi connectivity index (χ0v) is 12.7. The molecule has 7 heteroatoms. The van der Waals surface area contributed by atoms with Gasteiger partial charge in [0.05, 0.1) is 24.3 Å². The van der Waals surface area contributed by atoms with E-state index in [1.54, 1.807) is 13.8 Å². The smallest absolute Gasteiger partial charge is 0.307 e. The molecule has 0 aliphatic heterocycles. The van der Waals surface area contributed by atoms with E-state index in [2.05, 4.69) is 5.32 Å². The van der Waals surface area contributed by atoms with Gasteiger partial charge in [-0.2, -0.15) is 0 Å². The van der Waals surface area contributed by atoms with Gasteiger partial charge in [0.15, 0.2) is 0 Å². The van der Waals surface area contributed by atoms with Crippen LogP contribution in [0.4, 0.5) is 4.39 Å². The summed E-state index contributed by atoms with van der Waals surface area (Å²) < 4.78 is 13.3. The number of rotatable bonds is 6. The second kappa shape index (κ2) is 5.98. The maximum atomic E-state index is 13.3. The average molecular weight is 323 g/mol. The van der Waals surface area contributed by atoms with Crippen molar-refractivity contribution >= 4 is 17.8 Å². The molecule has 3 atom stereocenters. The van der Waals surface area contributed by atoms with Crippen molar-refractivity contribution in [3.63, 3.8) is 0 Å². The summed E-state index contributed by atoms with van der Waals surface area (Å²) in [6.07, 6.45) is -0.417. The highest BCUT2D eigenvalue weighted by atomic mass is 19.1. The van der Waals surface area contributed by atoms with Crippen LogP contribution in [0.2, 0.25) is 0 Å². The standard InChI is InChI=1S/C16H18FNO5/c1-16(2)12(13(16)15(22)23)14(21)18-10(7-11(19)20)8-4-3-5-9(17)6-8/h3-6,10,12-13H,7H2,1-2H3,(H,18,21)(H,19,20)(H,22,23). The zero-order chi connectivity index (χ0) is 17.4. The molecule has 1 aromatic rings. The van der Waals surface area contributed by atoms with Crippen LogP contribution in [0.25, 0.3) is 0 Å². The Labute approximate surface area is 132 Å². The summed E-state index contributed by atoms with van der Waals surface area (Å²) >= 11 is 0. The molecule has 0 spiro atoms. The molecule has 3 N–H and O–H groups in total. The summed E-state index contributed by atoms with van der Waals surface area (Å²) in [4.78, 5) is 34.5. The molecule has 2 rings (SSSR count). The first-order chi connectivity index (χ1) is 10.6. The molecule has 1 amide bonds. The van der Waals surface area contributed by atoms with E-state index in [1.807, 2.05) is 0 Å². The van der Waals surface area contributed by atoms with E-state index < -0.39 is 53.4 Å². The Morgan fingerprint density at radius 1 is 1.26 bits per heavy atom. The summed E-state index contributed by atoms with van der Waals surface area (Å²) in [5.41, 5.74) is -0.364. The maximum absolute atomic E-state index is 13.3. The fourth-order valence-electron chi connectivity index (χ4n) is 3.00. The van der Waals surface area contributed by atoms with Crippen molar-refractivity contribution in [1.82, 2.24) is 5.32 Å². The topological polar surface area (TPSA) is 104 Å². The normalized spacial score (nSPS) is 22.9. The third kappa shape index (κ3) is 3.49. The van der Waals surface area contributed by atoms with Crippen LogP contribution in [-0.2, 0) is 14.4 Å². The first-order valence-electron chi connectivity index (χ1n) is 7.15. The number of carbonyl (C=O) groups is 3. The minimum absolute atomic E-state index is 0.325. The molecule has 0 aromatic heterocycles. The molecule has 0 heterocycles. The second-order valence-corrected chi connectivity index (χ2v) is 6.33. The van der Waals surface area contributed by atoms with Gasteiger partial charge in [0.25, 0.3) is 0 Å². The summed E-state index contributed by atoms with van der Waals surface area (Å²) in [5.74, 6) is -4.81. The number of carboxylic acid groups (broad SMARTS) is 2. The lowest BCUT2D eigenvalue weighted by molar-refractivity contribution is -0.141. The molecule has 0 bridgehead atoms. The maximum Gasteiger partial charge on any atom is 0.307 e. The average Bonchev–Trinajstić information content (AvgIpc) is 3.00. The number of benzene rings is 1. The second-order valence-electron chi connectivity index (χ2n) is 6.33. The lowest BCUT2D eigenvalue weighted by atomic mass is 10.0. The molecular formula is C16H18FNO5. The van der Waals surface area contributed by atoms with Gasteiger partial charge in [0, 0.05) is 0 Å². The van der Waals surface area contributed by atoms with Crippen LogP contribution in [0.15, 0.2) is 24.3 Å². The largest absolute Gasteiger partial charge is 0.481 e. The Bertz CT molecular complexity index is 658. The molecule has 1 aromatic carbocycles. The molecular weight excluding hydrogens is 305 g/mol. The van der Waals surface area contributed by atoms with Gasteiger partial charge in [-0.15, -0.1) is 0 Å². The molecule has 1 saturated carbocycles. The number of hydrogen-bond acceptors (Lipinski definition) is 3. The summed E-state index contributed by atoms with van der Waals surface area (Å²) in [6.45, 7) is 3.34. The first kappa shape index (κ1) is 16.9. The number of aliphatic carboxylic acids is 2. The summed E-state index contributed by atoms with van der Waals surface area (Å²) in [6, 6.07) is 4.39. The SMILES string of the molecule is CC1(C)C(C(=O)O)C1C(=O)NC(CC(=O)O)c1cccc(F)c1. The highest BCUT2D eigenvalue weighted by Gasteiger charge is 2.66. The van der Waals surface area contributed by atoms with Crippen molar-refractivity contribution in [2.75, 3.05) is 0 Å². The van der Waals surface area contributed by atoms with Crippen LogP contribution in [0.5, 0.6) is 0 Å². The minimum Gasteiger partial charge on any atom is -0.481 e. The van der Waals surface area contributed by atoms with Crippen LogP contribution >= 0.6 is 0 Å². The molecule has 3 unspecified atom stereocenters. The number of hydrogen-bond donors (Lipinski definition) is 3. The molecule has 6 nitrogen and oxygen atoms in total. The fraction of sp³-hybridized carbons (Fsp3) is 0.438. The van der Waals surface area contributed by atoms with E-state index in [0.717, 1.165) is 6.07 Å². The summed E-state index contributed by atoms with van der Waals surface area (Å²) in [5, 5.41) is 20.6. The van der Waals surface area contributed by atoms with E-state index in [0.29, 0.717) is 5.56 Å². The van der Waals surface area contributed by atoms with Crippen LogP contribution in [0.1, 0.15) is 31.9 Å². The van der Waals surface area contributed by atoms with Crippen LogP contribution in [0, 0.1) is 23.1 Å². The number of amides is 1. The molecule has 0 radical (unpaired) electrons. The van der Waals surface area contributed by atoms with Gasteiger partial charge in [0.2, 0.25) is 5.91 Å². The van der Waals surface area contributed by atoms with Gasteiger partial charge in [-0.25, -0.2) is 4.39 Å². The number of nitrogens with one attached hydrogen (secondary N) is 1. The van der Waals surface area contributed by atoms with E-state index in [-0.39, 0.29) is 0 Å². The lowest BCUT2D eigenvalue weighted by Gasteiger charge is -2.18. The fourth-order valence-corrected chi connectivity index (χ4v) is 3.00. The lowest BCUT2D eigenvalue weighted by Crippen LogP contribution is -2.33. The van der Waals surface area contributed by atoms with Crippen molar-refractivity contribution < 1.29 is 29.0 Å². The predicted molar refractivity (Wildman–Crippen MR) is 77.9 cm³/mol. The van der Waals surface area contributed by atoms with Gasteiger partial charge in [0.1, 0.15) is 5.82 Å². The van der Waals surface area contributed by atoms with Gasteiger partial charge in [-0.1, -0.05) is 26.0 Å². The highest BCUT2D eigenvalue weighted by Crippen LogP contribution is 2.58. The Morgan fingerprint density at radius 2 is 1.91 bits per heavy atom. The van der Waals surface area contributed by atoms with E-state index >= 15 is 0 Å². The first-order valence-corrected chi connectivity index (χ1v) is 7.15. The number of carbonyl (C=O) groups excluding carboxylic acids is 1. The molecule has 124 valence electrons. The van der Waals surface area contributed by atoms with Gasteiger partial charge in [-0.3, -0.25) is 14.4 Å². The van der Waals surface area contributed by atoms with Gasteiger partial charge < -0.3 is 15.5 Å². The van der Waals surface area contributed by atoms with Crippen molar-refractivity contribution in [3.8, 4) is 0 Å². The van der Waals surface area contributed by atoms with Crippen LogP contribution < -0.4 is 5.32 Å². The van der Waals surface area contributed by atoms with Crippen LogP contribution in [-0.4, -0.2) is 28.1 Å². The molecule has 0 saturated heterocycles. The van der Waals surface area contributed by atoms with E-state index in [9.17, 15) is 18.8 Å². The number of carboxylic acids is 2. The quantitative estimate of drug-likeness (QED) is 0.741. The Hall–Kier alpha value is -2.44. The van der Waals surface area contributed by atoms with Gasteiger partial charge >= 0.3 is 11.9 Å². The van der Waals surface area contributed by atoms with E-state index in [1.165, 1.54) is 18.2 Å². The predicted octanol–water partition coefficient (Wildman–Crippen LogP) is 1.81. The Kier molecular flexibility index (Phi) is 4.40. The third-order valence-corrected chi connectivity index (χ3v) is 4.32. The summed E-state index contributed by atoms with van der Waals surface area (Å²) in [7, 11) is 0. The molecule has 1 aliphatic carbocycles. The molecule has 1 fully saturated rings. The molecule has 1 aliphatic rings.